The third kappa shape index (κ3) is 4.60. The second-order valence-corrected chi connectivity index (χ2v) is 13.1. The maximum absolute atomic E-state index is 11.3. The molecule has 0 heterocycles. The van der Waals surface area contributed by atoms with Crippen molar-refractivity contribution in [1.29, 1.82) is 0 Å². The molecule has 4 rings (SSSR count). The van der Waals surface area contributed by atoms with E-state index in [1.807, 2.05) is 0 Å². The smallest absolute Gasteiger partial charge is 0.404 e. The average Bonchev–Trinajstić information content (AvgIpc) is 3.11. The molecule has 4 aliphatic carbocycles. The minimum absolute atomic E-state index is 0.0268. The van der Waals surface area contributed by atoms with E-state index in [9.17, 15) is 4.79 Å². The predicted octanol–water partition coefficient (Wildman–Crippen LogP) is 9.18. The van der Waals surface area contributed by atoms with Crippen molar-refractivity contribution in [1.82, 2.24) is 0 Å². The fourth-order valence-corrected chi connectivity index (χ4v) is 9.17. The van der Waals surface area contributed by atoms with E-state index in [-0.39, 0.29) is 11.5 Å². The first-order chi connectivity index (χ1) is 15.6. The number of carbonyl (C=O) groups is 1. The molecule has 0 aromatic rings. The first-order valence-electron chi connectivity index (χ1n) is 13.8. The van der Waals surface area contributed by atoms with E-state index in [1.165, 1.54) is 38.5 Å². The van der Waals surface area contributed by atoms with Crippen LogP contribution in [0.1, 0.15) is 99.3 Å². The van der Waals surface area contributed by atoms with Crippen LogP contribution in [0.5, 0.6) is 0 Å². The number of hydrogen-bond acceptors (Lipinski definition) is 2. The highest BCUT2D eigenvalue weighted by molar-refractivity contribution is 6.61. The van der Waals surface area contributed by atoms with Crippen molar-refractivity contribution in [2.24, 2.45) is 52.3 Å². The molecule has 2 nitrogen and oxygen atoms in total. The molecule has 3 saturated carbocycles. The van der Waals surface area contributed by atoms with Gasteiger partial charge in [0, 0.05) is 18.0 Å². The van der Waals surface area contributed by atoms with Gasteiger partial charge >= 0.3 is 5.43 Å². The van der Waals surface area contributed by atoms with E-state index in [0.29, 0.717) is 17.3 Å². The Morgan fingerprint density at radius 2 is 1.88 bits per heavy atom. The fraction of sp³-hybridized carbons (Fsp3) is 0.833. The summed E-state index contributed by atoms with van der Waals surface area (Å²) < 4.78 is 5.39. The molecule has 0 aliphatic heterocycles. The van der Waals surface area contributed by atoms with Gasteiger partial charge in [-0.15, -0.1) is 0 Å². The van der Waals surface area contributed by atoms with E-state index in [0.717, 1.165) is 48.9 Å². The lowest BCUT2D eigenvalue weighted by atomic mass is 9.47. The summed E-state index contributed by atoms with van der Waals surface area (Å²) in [6.07, 6.45) is 18.6. The molecule has 0 saturated heterocycles. The topological polar surface area (TPSA) is 26.3 Å². The van der Waals surface area contributed by atoms with Gasteiger partial charge in [-0.3, -0.25) is 0 Å². The molecule has 3 fully saturated rings. The van der Waals surface area contributed by atoms with Crippen LogP contribution in [0, 0.1) is 52.3 Å². The Hall–Kier alpha value is -0.760. The van der Waals surface area contributed by atoms with Gasteiger partial charge in [-0.25, -0.2) is 4.79 Å². The number of ether oxygens (including phenoxy) is 1. The summed E-state index contributed by atoms with van der Waals surface area (Å²) in [6, 6.07) is 0. The van der Waals surface area contributed by atoms with Crippen LogP contribution in [0.2, 0.25) is 0 Å². The molecule has 0 spiro atoms. The first-order valence-corrected chi connectivity index (χ1v) is 14.2. The van der Waals surface area contributed by atoms with Crippen LogP contribution in [0.15, 0.2) is 23.8 Å². The van der Waals surface area contributed by atoms with Gasteiger partial charge in [0.25, 0.3) is 0 Å². The van der Waals surface area contributed by atoms with Gasteiger partial charge in [-0.05, 0) is 104 Å². The number of hydrogen-bond donors (Lipinski definition) is 0. The van der Waals surface area contributed by atoms with Crippen LogP contribution in [0.4, 0.5) is 4.79 Å². The zero-order valence-electron chi connectivity index (χ0n) is 21.9. The summed E-state index contributed by atoms with van der Waals surface area (Å²) in [4.78, 5) is 11.3. The minimum atomic E-state index is -0.648. The normalized spacial score (nSPS) is 42.3. The minimum Gasteiger partial charge on any atom is -0.450 e. The summed E-state index contributed by atoms with van der Waals surface area (Å²) >= 11 is 5.52. The van der Waals surface area contributed by atoms with E-state index >= 15 is 0 Å². The molecule has 0 radical (unpaired) electrons. The second-order valence-electron chi connectivity index (χ2n) is 12.8. The van der Waals surface area contributed by atoms with Crippen molar-refractivity contribution in [3.8, 4) is 0 Å². The molecule has 3 heteroatoms. The van der Waals surface area contributed by atoms with Gasteiger partial charge in [0.2, 0.25) is 0 Å². The van der Waals surface area contributed by atoms with Gasteiger partial charge in [0.15, 0.2) is 0 Å². The quantitative estimate of drug-likeness (QED) is 0.283. The van der Waals surface area contributed by atoms with Gasteiger partial charge in [0.05, 0.1) is 0 Å². The number of rotatable bonds is 6. The number of halogens is 1. The highest BCUT2D eigenvalue weighted by Crippen LogP contribution is 2.67. The fourth-order valence-electron chi connectivity index (χ4n) is 9.05. The largest absolute Gasteiger partial charge is 0.450 e. The Bertz CT molecular complexity index is 784. The van der Waals surface area contributed by atoms with E-state index in [1.54, 1.807) is 5.57 Å². The number of carbonyl (C=O) groups excluding carboxylic acids is 1. The van der Waals surface area contributed by atoms with Crippen LogP contribution in [-0.2, 0) is 4.74 Å². The lowest BCUT2D eigenvalue weighted by Gasteiger charge is -2.58. The summed E-state index contributed by atoms with van der Waals surface area (Å²) in [6.45, 7) is 14.7. The Balaban J connectivity index is 1.49. The summed E-state index contributed by atoms with van der Waals surface area (Å²) in [5.41, 5.74) is 1.67. The van der Waals surface area contributed by atoms with Crippen molar-refractivity contribution in [3.63, 3.8) is 0 Å². The highest BCUT2D eigenvalue weighted by atomic mass is 35.5. The van der Waals surface area contributed by atoms with Crippen LogP contribution < -0.4 is 0 Å². The standard InChI is InChI=1S/C30H47ClO2/c1-7-21(19(2)3)9-8-20(4)25-12-13-26-24-11-10-22-18-23(33-28(31)32)14-16-29(22,5)27(24)15-17-30(25,26)6/h8-10,19-21,23-27H,7,11-18H2,1-6H3/b9-8+/t20-,21-,23+,24?,25-,26?,27?,29+,30-/m1/s1. The zero-order chi connectivity index (χ0) is 24.0. The highest BCUT2D eigenvalue weighted by Gasteiger charge is 2.59. The molecule has 186 valence electrons. The van der Waals surface area contributed by atoms with Crippen LogP contribution in [-0.4, -0.2) is 11.5 Å². The monoisotopic (exact) mass is 474 g/mol. The predicted molar refractivity (Wildman–Crippen MR) is 138 cm³/mol. The molecule has 4 aliphatic rings. The molecular weight excluding hydrogens is 428 g/mol. The van der Waals surface area contributed by atoms with Crippen molar-refractivity contribution >= 4 is 17.0 Å². The summed E-state index contributed by atoms with van der Waals surface area (Å²) in [7, 11) is 0. The van der Waals surface area contributed by atoms with Crippen molar-refractivity contribution < 1.29 is 9.53 Å². The SMILES string of the molecule is CC[C@H](/C=C/[C@@H](C)[C@H]1CCC2C3CC=C4C[C@@H](OC(=O)Cl)CC[C@]4(C)C3CC[C@@]21C)C(C)C. The van der Waals surface area contributed by atoms with Crippen LogP contribution in [0.3, 0.4) is 0 Å². The Morgan fingerprint density at radius 1 is 1.12 bits per heavy atom. The molecule has 0 aromatic heterocycles. The van der Waals surface area contributed by atoms with Crippen molar-refractivity contribution in [2.45, 2.75) is 105 Å². The van der Waals surface area contributed by atoms with E-state index in [2.05, 4.69) is 59.8 Å². The zero-order valence-corrected chi connectivity index (χ0v) is 22.7. The third-order valence-electron chi connectivity index (χ3n) is 11.0. The molecular formula is C30H47ClO2. The second kappa shape index (κ2) is 9.71. The van der Waals surface area contributed by atoms with Crippen LogP contribution >= 0.6 is 11.6 Å². The Morgan fingerprint density at radius 3 is 2.55 bits per heavy atom. The van der Waals surface area contributed by atoms with Crippen LogP contribution in [0.25, 0.3) is 0 Å². The van der Waals surface area contributed by atoms with E-state index < -0.39 is 5.43 Å². The molecule has 33 heavy (non-hydrogen) atoms. The van der Waals surface area contributed by atoms with Crippen molar-refractivity contribution in [3.05, 3.63) is 23.8 Å². The molecule has 0 amide bonds. The number of fused-ring (bicyclic) bond motifs is 5. The van der Waals surface area contributed by atoms with Gasteiger partial charge in [-0.1, -0.05) is 65.3 Å². The van der Waals surface area contributed by atoms with Gasteiger partial charge in [0.1, 0.15) is 6.10 Å². The summed E-state index contributed by atoms with van der Waals surface area (Å²) in [5.74, 6) is 5.41. The number of allylic oxidation sites excluding steroid dienone is 3. The van der Waals surface area contributed by atoms with Gasteiger partial charge in [-0.2, -0.15) is 0 Å². The molecule has 9 atom stereocenters. The Kier molecular flexibility index (Phi) is 7.46. The molecule has 0 aromatic carbocycles. The molecule has 0 N–H and O–H groups in total. The maximum atomic E-state index is 11.3. The maximum Gasteiger partial charge on any atom is 0.404 e. The summed E-state index contributed by atoms with van der Waals surface area (Å²) in [5, 5.41) is 0. The lowest BCUT2D eigenvalue weighted by Crippen LogP contribution is -2.51. The van der Waals surface area contributed by atoms with Crippen molar-refractivity contribution in [2.75, 3.05) is 0 Å². The lowest BCUT2D eigenvalue weighted by molar-refractivity contribution is -0.0541. The molecule has 3 unspecified atom stereocenters. The Labute approximate surface area is 207 Å². The van der Waals surface area contributed by atoms with E-state index in [4.69, 9.17) is 16.3 Å². The average molecular weight is 475 g/mol. The first kappa shape index (κ1) is 25.3. The molecule has 0 bridgehead atoms. The third-order valence-corrected chi connectivity index (χ3v) is 11.1. The van der Waals surface area contributed by atoms with Gasteiger partial charge < -0.3 is 4.74 Å².